The maximum atomic E-state index is 12.5. The van der Waals surface area contributed by atoms with E-state index in [0.29, 0.717) is 11.4 Å². The first-order valence-electron chi connectivity index (χ1n) is 7.87. The number of hydrogen-bond donors (Lipinski definition) is 2. The van der Waals surface area contributed by atoms with E-state index in [2.05, 4.69) is 10.6 Å². The average Bonchev–Trinajstić information content (AvgIpc) is 2.58. The summed E-state index contributed by atoms with van der Waals surface area (Å²) in [5.41, 5.74) is 2.05. The number of thioether (sulfide) groups is 1. The molecule has 0 aliphatic heterocycles. The Balaban J connectivity index is 2.05. The lowest BCUT2D eigenvalue weighted by atomic mass is 10.1. The van der Waals surface area contributed by atoms with Crippen LogP contribution in [0.1, 0.15) is 19.4 Å². The number of amides is 2. The summed E-state index contributed by atoms with van der Waals surface area (Å²) in [4.78, 5) is 34.7. The fourth-order valence-corrected chi connectivity index (χ4v) is 3.10. The van der Waals surface area contributed by atoms with E-state index < -0.39 is 10.2 Å². The molecule has 0 saturated heterocycles. The highest BCUT2D eigenvalue weighted by Gasteiger charge is 2.17. The van der Waals surface area contributed by atoms with Crippen LogP contribution in [0.25, 0.3) is 0 Å². The highest BCUT2D eigenvalue weighted by molar-refractivity contribution is 8.00. The molecule has 1 unspecified atom stereocenters. The monoisotopic (exact) mass is 373 g/mol. The highest BCUT2D eigenvalue weighted by atomic mass is 32.2. The number of carbonyl (C=O) groups is 2. The first-order valence-corrected chi connectivity index (χ1v) is 8.75. The van der Waals surface area contributed by atoms with Gasteiger partial charge in [-0.2, -0.15) is 0 Å². The van der Waals surface area contributed by atoms with Crippen molar-refractivity contribution in [3.8, 4) is 0 Å². The lowest BCUT2D eigenvalue weighted by molar-refractivity contribution is -0.384. The number of anilines is 2. The van der Waals surface area contributed by atoms with Gasteiger partial charge in [0, 0.05) is 35.3 Å². The summed E-state index contributed by atoms with van der Waals surface area (Å²) in [7, 11) is 0. The summed E-state index contributed by atoms with van der Waals surface area (Å²) in [6, 6.07) is 11.3. The standard InChI is InChI=1S/C18H19N3O4S/c1-11-16(19-13(3)22)5-4-6-17(11)20-18(23)12(2)26-15-9-7-14(8-10-15)21(24)25/h4-10,12H,1-3H3,(H,19,22)(H,20,23). The van der Waals surface area contributed by atoms with Crippen LogP contribution in [0.5, 0.6) is 0 Å². The molecule has 0 bridgehead atoms. The molecule has 0 saturated carbocycles. The fourth-order valence-electron chi connectivity index (χ4n) is 2.23. The topological polar surface area (TPSA) is 101 Å². The summed E-state index contributed by atoms with van der Waals surface area (Å²) in [6.07, 6.45) is 0. The van der Waals surface area contributed by atoms with Gasteiger partial charge in [-0.3, -0.25) is 19.7 Å². The van der Waals surface area contributed by atoms with Crippen LogP contribution in [-0.4, -0.2) is 22.0 Å². The molecule has 7 nitrogen and oxygen atoms in total. The molecule has 2 rings (SSSR count). The second-order valence-corrected chi connectivity index (χ2v) is 7.07. The number of nitrogens with one attached hydrogen (secondary N) is 2. The summed E-state index contributed by atoms with van der Waals surface area (Å²) >= 11 is 1.31. The van der Waals surface area contributed by atoms with Crippen LogP contribution in [0.15, 0.2) is 47.4 Å². The van der Waals surface area contributed by atoms with Gasteiger partial charge in [0.25, 0.3) is 5.69 Å². The lowest BCUT2D eigenvalue weighted by Crippen LogP contribution is -2.23. The Morgan fingerprint density at radius 2 is 1.65 bits per heavy atom. The van der Waals surface area contributed by atoms with Gasteiger partial charge < -0.3 is 10.6 Å². The van der Waals surface area contributed by atoms with E-state index >= 15 is 0 Å². The molecule has 136 valence electrons. The summed E-state index contributed by atoms with van der Waals surface area (Å²) < 4.78 is 0. The molecular formula is C18H19N3O4S. The molecule has 0 radical (unpaired) electrons. The maximum Gasteiger partial charge on any atom is 0.269 e. The molecule has 0 aromatic heterocycles. The quantitative estimate of drug-likeness (QED) is 0.453. The number of nitrogens with zero attached hydrogens (tertiary/aromatic N) is 1. The van der Waals surface area contributed by atoms with Gasteiger partial charge in [0.05, 0.1) is 10.2 Å². The molecule has 2 amide bonds. The van der Waals surface area contributed by atoms with Crippen LogP contribution in [0, 0.1) is 17.0 Å². The van der Waals surface area contributed by atoms with Gasteiger partial charge >= 0.3 is 0 Å². The van der Waals surface area contributed by atoms with Gasteiger partial charge in [0.15, 0.2) is 0 Å². The second-order valence-electron chi connectivity index (χ2n) is 5.66. The van der Waals surface area contributed by atoms with Crippen LogP contribution < -0.4 is 10.6 Å². The normalized spacial score (nSPS) is 11.5. The number of benzene rings is 2. The molecule has 2 N–H and O–H groups in total. The first-order chi connectivity index (χ1) is 12.3. The minimum absolute atomic E-state index is 0.0110. The zero-order chi connectivity index (χ0) is 19.3. The van der Waals surface area contributed by atoms with E-state index in [1.807, 2.05) is 6.92 Å². The second kappa shape index (κ2) is 8.48. The summed E-state index contributed by atoms with van der Waals surface area (Å²) in [5, 5.41) is 15.9. The van der Waals surface area contributed by atoms with E-state index in [4.69, 9.17) is 0 Å². The number of non-ortho nitro benzene ring substituents is 1. The van der Waals surface area contributed by atoms with Gasteiger partial charge in [0.1, 0.15) is 0 Å². The Labute approximate surface area is 155 Å². The van der Waals surface area contributed by atoms with Gasteiger partial charge in [-0.15, -0.1) is 11.8 Å². The fraction of sp³-hybridized carbons (Fsp3) is 0.222. The van der Waals surface area contributed by atoms with E-state index in [0.717, 1.165) is 10.5 Å². The molecule has 2 aromatic carbocycles. The third-order valence-electron chi connectivity index (χ3n) is 3.63. The molecule has 0 aliphatic rings. The van der Waals surface area contributed by atoms with Crippen molar-refractivity contribution >= 4 is 40.6 Å². The predicted molar refractivity (Wildman–Crippen MR) is 103 cm³/mol. The Kier molecular flexibility index (Phi) is 6.35. The molecule has 0 spiro atoms. The molecule has 0 heterocycles. The maximum absolute atomic E-state index is 12.5. The van der Waals surface area contributed by atoms with Crippen LogP contribution >= 0.6 is 11.8 Å². The molecule has 0 fully saturated rings. The molecule has 2 aromatic rings. The lowest BCUT2D eigenvalue weighted by Gasteiger charge is -2.15. The Hall–Kier alpha value is -2.87. The Bertz CT molecular complexity index is 837. The van der Waals surface area contributed by atoms with Crippen molar-refractivity contribution in [2.24, 2.45) is 0 Å². The van der Waals surface area contributed by atoms with Crippen LogP contribution in [0.3, 0.4) is 0 Å². The Morgan fingerprint density at radius 3 is 2.19 bits per heavy atom. The minimum Gasteiger partial charge on any atom is -0.326 e. The molecule has 0 aliphatic carbocycles. The number of rotatable bonds is 6. The van der Waals surface area contributed by atoms with Crippen molar-refractivity contribution in [3.05, 3.63) is 58.1 Å². The minimum atomic E-state index is -0.463. The van der Waals surface area contributed by atoms with Crippen molar-refractivity contribution in [1.29, 1.82) is 0 Å². The predicted octanol–water partition coefficient (Wildman–Crippen LogP) is 3.98. The van der Waals surface area contributed by atoms with Gasteiger partial charge in [-0.1, -0.05) is 6.07 Å². The smallest absolute Gasteiger partial charge is 0.269 e. The van der Waals surface area contributed by atoms with Crippen molar-refractivity contribution in [1.82, 2.24) is 0 Å². The number of nitro groups is 1. The number of carbonyl (C=O) groups excluding carboxylic acids is 2. The average molecular weight is 373 g/mol. The van der Waals surface area contributed by atoms with Crippen LogP contribution in [-0.2, 0) is 9.59 Å². The first kappa shape index (κ1) is 19.5. The van der Waals surface area contributed by atoms with Crippen molar-refractivity contribution in [2.75, 3.05) is 10.6 Å². The van der Waals surface area contributed by atoms with Crippen LogP contribution in [0.4, 0.5) is 17.1 Å². The molecule has 26 heavy (non-hydrogen) atoms. The highest BCUT2D eigenvalue weighted by Crippen LogP contribution is 2.28. The van der Waals surface area contributed by atoms with Crippen molar-refractivity contribution < 1.29 is 14.5 Å². The zero-order valence-electron chi connectivity index (χ0n) is 14.6. The number of hydrogen-bond acceptors (Lipinski definition) is 5. The van der Waals surface area contributed by atoms with E-state index in [-0.39, 0.29) is 17.5 Å². The molecular weight excluding hydrogens is 354 g/mol. The third kappa shape index (κ3) is 5.06. The number of nitro benzene ring substituents is 1. The summed E-state index contributed by atoms with van der Waals surface area (Å²) in [5.74, 6) is -0.380. The van der Waals surface area contributed by atoms with Gasteiger partial charge in [-0.05, 0) is 43.7 Å². The largest absolute Gasteiger partial charge is 0.326 e. The van der Waals surface area contributed by atoms with Gasteiger partial charge in [-0.25, -0.2) is 0 Å². The summed E-state index contributed by atoms with van der Waals surface area (Å²) in [6.45, 7) is 5.00. The third-order valence-corrected chi connectivity index (χ3v) is 4.74. The zero-order valence-corrected chi connectivity index (χ0v) is 15.4. The van der Waals surface area contributed by atoms with Crippen molar-refractivity contribution in [2.45, 2.75) is 30.9 Å². The molecule has 1 atom stereocenters. The Morgan fingerprint density at radius 1 is 1.08 bits per heavy atom. The van der Waals surface area contributed by atoms with Crippen LogP contribution in [0.2, 0.25) is 0 Å². The SMILES string of the molecule is CC(=O)Nc1cccc(NC(=O)C(C)Sc2ccc([N+](=O)[O-])cc2)c1C. The van der Waals surface area contributed by atoms with Crippen molar-refractivity contribution in [3.63, 3.8) is 0 Å². The van der Waals surface area contributed by atoms with E-state index in [9.17, 15) is 19.7 Å². The molecule has 8 heteroatoms. The van der Waals surface area contributed by atoms with Gasteiger partial charge in [0.2, 0.25) is 11.8 Å². The van der Waals surface area contributed by atoms with E-state index in [1.54, 1.807) is 37.3 Å². The van der Waals surface area contributed by atoms with E-state index in [1.165, 1.54) is 30.8 Å².